The molecule has 0 fully saturated rings. The molecule has 0 saturated heterocycles. The summed E-state index contributed by atoms with van der Waals surface area (Å²) >= 11 is 0. The van der Waals surface area contributed by atoms with Crippen LogP contribution in [0.15, 0.2) is 48.7 Å². The number of nitrogens with zero attached hydrogens (tertiary/aromatic N) is 1. The van der Waals surface area contributed by atoms with Crippen molar-refractivity contribution in [2.45, 2.75) is 6.92 Å². The van der Waals surface area contributed by atoms with Gasteiger partial charge in [-0.05, 0) is 36.8 Å². The van der Waals surface area contributed by atoms with Crippen molar-refractivity contribution < 1.29 is 19.8 Å². The van der Waals surface area contributed by atoms with Crippen LogP contribution in [-0.2, 0) is 0 Å². The Morgan fingerprint density at radius 2 is 1.79 bits per heavy atom. The number of para-hydroxylation sites is 1. The van der Waals surface area contributed by atoms with Crippen LogP contribution in [0.5, 0.6) is 0 Å². The third kappa shape index (κ3) is 2.77. The topological polar surface area (TPSA) is 99.5 Å². The molecule has 0 aliphatic heterocycles. The number of hydrogen-bond donors (Lipinski definition) is 3. The lowest BCUT2D eigenvalue weighted by molar-refractivity contribution is 0.0687. The van der Waals surface area contributed by atoms with Gasteiger partial charge in [-0.15, -0.1) is 0 Å². The summed E-state index contributed by atoms with van der Waals surface area (Å²) in [6.45, 7) is 1.90. The van der Waals surface area contributed by atoms with Crippen molar-refractivity contribution in [3.63, 3.8) is 0 Å². The fourth-order valence-electron chi connectivity index (χ4n) is 2.47. The van der Waals surface area contributed by atoms with Gasteiger partial charge in [0.25, 0.3) is 0 Å². The minimum Gasteiger partial charge on any atom is -0.478 e. The number of aromatic nitrogens is 1. The summed E-state index contributed by atoms with van der Waals surface area (Å²) in [6, 6.07) is 11.9. The van der Waals surface area contributed by atoms with Gasteiger partial charge in [0.1, 0.15) is 5.56 Å². The van der Waals surface area contributed by atoms with Crippen LogP contribution in [0.25, 0.3) is 10.9 Å². The summed E-state index contributed by atoms with van der Waals surface area (Å²) in [5.74, 6) is -2.22. The van der Waals surface area contributed by atoms with E-state index in [1.54, 1.807) is 6.07 Å². The normalized spacial score (nSPS) is 10.5. The highest BCUT2D eigenvalue weighted by molar-refractivity contribution is 6.07. The molecule has 1 aromatic heterocycles. The molecular formula is C18H14N2O4. The zero-order chi connectivity index (χ0) is 17.3. The summed E-state index contributed by atoms with van der Waals surface area (Å²) in [6.07, 6.45) is 1.27. The van der Waals surface area contributed by atoms with E-state index in [0.717, 1.165) is 11.3 Å². The minimum absolute atomic E-state index is 0.0201. The predicted molar refractivity (Wildman–Crippen MR) is 90.1 cm³/mol. The first kappa shape index (κ1) is 15.5. The second-order valence-electron chi connectivity index (χ2n) is 5.33. The van der Waals surface area contributed by atoms with Crippen LogP contribution in [0.3, 0.4) is 0 Å². The van der Waals surface area contributed by atoms with Gasteiger partial charge in [0.2, 0.25) is 0 Å². The molecule has 3 aromatic rings. The van der Waals surface area contributed by atoms with Gasteiger partial charge in [0, 0.05) is 17.3 Å². The molecule has 6 heteroatoms. The SMILES string of the molecule is Cc1ccccc1Nc1c(C(=O)O)cnc2ccc(C(=O)O)cc12. The van der Waals surface area contributed by atoms with Crippen molar-refractivity contribution in [3.8, 4) is 0 Å². The highest BCUT2D eigenvalue weighted by atomic mass is 16.4. The van der Waals surface area contributed by atoms with Crippen molar-refractivity contribution >= 4 is 34.2 Å². The molecule has 3 N–H and O–H groups in total. The van der Waals surface area contributed by atoms with Crippen LogP contribution in [0.1, 0.15) is 26.3 Å². The number of carboxylic acid groups (broad SMARTS) is 2. The van der Waals surface area contributed by atoms with Gasteiger partial charge in [0.05, 0.1) is 16.8 Å². The number of carbonyl (C=O) groups is 2. The van der Waals surface area contributed by atoms with E-state index in [0.29, 0.717) is 16.6 Å². The number of hydrogen-bond acceptors (Lipinski definition) is 4. The highest BCUT2D eigenvalue weighted by Crippen LogP contribution is 2.31. The summed E-state index contributed by atoms with van der Waals surface area (Å²) in [7, 11) is 0. The molecule has 0 saturated carbocycles. The number of benzene rings is 2. The van der Waals surface area contributed by atoms with Crippen molar-refractivity contribution in [1.29, 1.82) is 0 Å². The van der Waals surface area contributed by atoms with Crippen molar-refractivity contribution in [3.05, 3.63) is 65.4 Å². The number of rotatable bonds is 4. The van der Waals surface area contributed by atoms with Gasteiger partial charge >= 0.3 is 11.9 Å². The van der Waals surface area contributed by atoms with E-state index in [9.17, 15) is 19.8 Å². The van der Waals surface area contributed by atoms with Crippen LogP contribution in [-0.4, -0.2) is 27.1 Å². The van der Waals surface area contributed by atoms with E-state index in [1.165, 1.54) is 18.3 Å². The van der Waals surface area contributed by atoms with Crippen molar-refractivity contribution in [2.24, 2.45) is 0 Å². The second kappa shape index (κ2) is 6.00. The first-order valence-electron chi connectivity index (χ1n) is 7.19. The highest BCUT2D eigenvalue weighted by Gasteiger charge is 2.17. The minimum atomic E-state index is -1.14. The van der Waals surface area contributed by atoms with E-state index in [-0.39, 0.29) is 11.1 Å². The average Bonchev–Trinajstić information content (AvgIpc) is 2.56. The molecule has 0 amide bonds. The maximum atomic E-state index is 11.6. The molecule has 0 aliphatic rings. The Balaban J connectivity index is 2.26. The monoisotopic (exact) mass is 322 g/mol. The molecule has 6 nitrogen and oxygen atoms in total. The lowest BCUT2D eigenvalue weighted by Gasteiger charge is -2.14. The van der Waals surface area contributed by atoms with E-state index >= 15 is 0 Å². The number of pyridine rings is 1. The fourth-order valence-corrected chi connectivity index (χ4v) is 2.47. The van der Waals surface area contributed by atoms with Gasteiger partial charge in [-0.1, -0.05) is 18.2 Å². The van der Waals surface area contributed by atoms with Crippen molar-refractivity contribution in [2.75, 3.05) is 5.32 Å². The van der Waals surface area contributed by atoms with Crippen LogP contribution in [0.2, 0.25) is 0 Å². The lowest BCUT2D eigenvalue weighted by Crippen LogP contribution is -2.06. The van der Waals surface area contributed by atoms with Crippen molar-refractivity contribution in [1.82, 2.24) is 4.98 Å². The standard InChI is InChI=1S/C18H14N2O4/c1-10-4-2-3-5-14(10)20-16-12-8-11(17(21)22)6-7-15(12)19-9-13(16)18(23)24/h2-9H,1H3,(H,19,20)(H,21,22)(H,23,24). The van der Waals surface area contributed by atoms with Crippen LogP contribution in [0, 0.1) is 6.92 Å². The quantitative estimate of drug-likeness (QED) is 0.677. The third-order valence-electron chi connectivity index (χ3n) is 3.75. The molecule has 1 heterocycles. The Kier molecular flexibility index (Phi) is 3.87. The molecule has 0 bridgehead atoms. The largest absolute Gasteiger partial charge is 0.478 e. The van der Waals surface area contributed by atoms with E-state index in [1.807, 2.05) is 31.2 Å². The molecular weight excluding hydrogens is 308 g/mol. The number of aromatic carboxylic acids is 2. The Bertz CT molecular complexity index is 961. The van der Waals surface area contributed by atoms with Gasteiger partial charge in [-0.2, -0.15) is 0 Å². The number of fused-ring (bicyclic) bond motifs is 1. The Labute approximate surface area is 137 Å². The Hall–Kier alpha value is -3.41. The van der Waals surface area contributed by atoms with Crippen LogP contribution < -0.4 is 5.32 Å². The molecule has 0 unspecified atom stereocenters. The maximum absolute atomic E-state index is 11.6. The van der Waals surface area contributed by atoms with E-state index in [2.05, 4.69) is 10.3 Å². The zero-order valence-electron chi connectivity index (χ0n) is 12.8. The molecule has 2 aromatic carbocycles. The first-order valence-corrected chi connectivity index (χ1v) is 7.19. The summed E-state index contributed by atoms with van der Waals surface area (Å²) in [4.78, 5) is 26.9. The van der Waals surface area contributed by atoms with E-state index in [4.69, 9.17) is 0 Å². The van der Waals surface area contributed by atoms with Crippen LogP contribution >= 0.6 is 0 Å². The fraction of sp³-hybridized carbons (Fsp3) is 0.0556. The second-order valence-corrected chi connectivity index (χ2v) is 5.33. The van der Waals surface area contributed by atoms with Gasteiger partial charge in [0.15, 0.2) is 0 Å². The zero-order valence-corrected chi connectivity index (χ0v) is 12.8. The molecule has 3 rings (SSSR count). The Morgan fingerprint density at radius 1 is 1.04 bits per heavy atom. The van der Waals surface area contributed by atoms with E-state index < -0.39 is 11.9 Å². The van der Waals surface area contributed by atoms with Gasteiger partial charge in [-0.25, -0.2) is 9.59 Å². The molecule has 0 atom stereocenters. The molecule has 24 heavy (non-hydrogen) atoms. The van der Waals surface area contributed by atoms with Gasteiger partial charge < -0.3 is 15.5 Å². The first-order chi connectivity index (χ1) is 11.5. The van der Waals surface area contributed by atoms with Gasteiger partial charge in [-0.3, -0.25) is 4.98 Å². The number of anilines is 2. The molecule has 0 aliphatic carbocycles. The maximum Gasteiger partial charge on any atom is 0.339 e. The molecule has 0 spiro atoms. The number of nitrogens with one attached hydrogen (secondary N) is 1. The summed E-state index contributed by atoms with van der Waals surface area (Å²) in [5, 5.41) is 22.2. The third-order valence-corrected chi connectivity index (χ3v) is 3.75. The number of aryl methyl sites for hydroxylation is 1. The summed E-state index contributed by atoms with van der Waals surface area (Å²) < 4.78 is 0. The average molecular weight is 322 g/mol. The Morgan fingerprint density at radius 3 is 2.46 bits per heavy atom. The predicted octanol–water partition coefficient (Wildman–Crippen LogP) is 3.68. The smallest absolute Gasteiger partial charge is 0.339 e. The lowest BCUT2D eigenvalue weighted by atomic mass is 10.1. The molecule has 120 valence electrons. The summed E-state index contributed by atoms with van der Waals surface area (Å²) in [5.41, 5.74) is 2.57. The number of carboxylic acids is 2. The van der Waals surface area contributed by atoms with Crippen LogP contribution in [0.4, 0.5) is 11.4 Å². The molecule has 0 radical (unpaired) electrons.